The van der Waals surface area contributed by atoms with Gasteiger partial charge in [-0.1, -0.05) is 13.8 Å². The highest BCUT2D eigenvalue weighted by Crippen LogP contribution is 2.31. The van der Waals surface area contributed by atoms with E-state index in [1.165, 1.54) is 31.6 Å². The van der Waals surface area contributed by atoms with Gasteiger partial charge in [-0.2, -0.15) is 0 Å². The van der Waals surface area contributed by atoms with Gasteiger partial charge in [0.2, 0.25) is 0 Å². The van der Waals surface area contributed by atoms with Crippen molar-refractivity contribution in [2.24, 2.45) is 0 Å². The molecule has 0 fully saturated rings. The number of esters is 1. The van der Waals surface area contributed by atoms with Crippen LogP contribution in [-0.2, 0) is 4.74 Å². The molecule has 2 aromatic rings. The van der Waals surface area contributed by atoms with Crippen LogP contribution in [0.15, 0.2) is 30.6 Å². The summed E-state index contributed by atoms with van der Waals surface area (Å²) >= 11 is 0. The molecule has 0 amide bonds. The zero-order valence-corrected chi connectivity index (χ0v) is 13.2. The summed E-state index contributed by atoms with van der Waals surface area (Å²) < 4.78 is 10.1. The zero-order chi connectivity index (χ0) is 16.5. The number of aromatic hydroxyl groups is 1. The highest BCUT2D eigenvalue weighted by atomic mass is 16.5. The number of hydrogen-bond acceptors (Lipinski definition) is 6. The molecule has 22 heavy (non-hydrogen) atoms. The second kappa shape index (κ2) is 8.61. The minimum absolute atomic E-state index is 0.0919. The smallest absolute Gasteiger partial charge is 0.358 e. The molecule has 0 aliphatic heterocycles. The number of carbonyl (C=O) groups excluding carboxylic acids is 1. The fraction of sp³-hybridized carbons (Fsp3) is 0.312. The van der Waals surface area contributed by atoms with Crippen molar-refractivity contribution in [3.05, 3.63) is 36.3 Å². The minimum Gasteiger partial charge on any atom is -0.508 e. The lowest BCUT2D eigenvalue weighted by molar-refractivity contribution is 0.0593. The van der Waals surface area contributed by atoms with Crippen molar-refractivity contribution in [2.45, 2.75) is 20.8 Å². The number of carbonyl (C=O) groups is 1. The van der Waals surface area contributed by atoms with Gasteiger partial charge < -0.3 is 14.6 Å². The van der Waals surface area contributed by atoms with Gasteiger partial charge in [0.05, 0.1) is 31.8 Å². The lowest BCUT2D eigenvalue weighted by atomic mass is 10.1. The van der Waals surface area contributed by atoms with Crippen molar-refractivity contribution in [3.63, 3.8) is 0 Å². The Labute approximate surface area is 129 Å². The first-order valence-electron chi connectivity index (χ1n) is 7.02. The van der Waals surface area contributed by atoms with E-state index in [4.69, 9.17) is 4.74 Å². The van der Waals surface area contributed by atoms with Gasteiger partial charge in [0.25, 0.3) is 0 Å². The van der Waals surface area contributed by atoms with E-state index in [0.29, 0.717) is 23.6 Å². The number of phenolic OH excluding ortho intramolecular Hbond substituents is 1. The fourth-order valence-electron chi connectivity index (χ4n) is 1.70. The van der Waals surface area contributed by atoms with Gasteiger partial charge in [-0.3, -0.25) is 4.98 Å². The van der Waals surface area contributed by atoms with E-state index in [9.17, 15) is 9.90 Å². The molecule has 0 spiro atoms. The zero-order valence-electron chi connectivity index (χ0n) is 13.2. The van der Waals surface area contributed by atoms with E-state index in [2.05, 4.69) is 14.7 Å². The molecule has 118 valence electrons. The fourth-order valence-corrected chi connectivity index (χ4v) is 1.70. The number of methoxy groups -OCH3 is 1. The van der Waals surface area contributed by atoms with E-state index in [1.807, 2.05) is 20.8 Å². The molecule has 1 aromatic heterocycles. The van der Waals surface area contributed by atoms with Gasteiger partial charge in [0.15, 0.2) is 5.69 Å². The van der Waals surface area contributed by atoms with E-state index < -0.39 is 5.97 Å². The SMILES string of the molecule is CC.CCOc1cc(O)ccc1-c1cncc(C(=O)OC)n1. The van der Waals surface area contributed by atoms with Crippen molar-refractivity contribution < 1.29 is 19.4 Å². The molecule has 2 rings (SSSR count). The summed E-state index contributed by atoms with van der Waals surface area (Å²) in [6, 6.07) is 4.67. The first kappa shape index (κ1) is 17.4. The average molecular weight is 304 g/mol. The average Bonchev–Trinajstić information content (AvgIpc) is 2.56. The lowest BCUT2D eigenvalue weighted by Gasteiger charge is -2.10. The predicted octanol–water partition coefficient (Wildman–Crippen LogP) is 3.06. The van der Waals surface area contributed by atoms with Crippen molar-refractivity contribution in [1.82, 2.24) is 9.97 Å². The van der Waals surface area contributed by atoms with Crippen LogP contribution >= 0.6 is 0 Å². The quantitative estimate of drug-likeness (QED) is 0.874. The molecule has 1 heterocycles. The van der Waals surface area contributed by atoms with Gasteiger partial charge in [0, 0.05) is 11.6 Å². The van der Waals surface area contributed by atoms with Crippen molar-refractivity contribution in [1.29, 1.82) is 0 Å². The van der Waals surface area contributed by atoms with Crippen LogP contribution in [0.3, 0.4) is 0 Å². The third-order valence-corrected chi connectivity index (χ3v) is 2.57. The molecular weight excluding hydrogens is 284 g/mol. The largest absolute Gasteiger partial charge is 0.508 e. The van der Waals surface area contributed by atoms with Crippen LogP contribution in [0.5, 0.6) is 11.5 Å². The van der Waals surface area contributed by atoms with E-state index in [1.54, 1.807) is 6.07 Å². The first-order chi connectivity index (χ1) is 10.7. The molecule has 6 nitrogen and oxygen atoms in total. The van der Waals surface area contributed by atoms with Gasteiger partial charge in [-0.05, 0) is 19.1 Å². The summed E-state index contributed by atoms with van der Waals surface area (Å²) in [7, 11) is 1.28. The highest BCUT2D eigenvalue weighted by Gasteiger charge is 2.13. The number of ether oxygens (including phenoxy) is 2. The van der Waals surface area contributed by atoms with Gasteiger partial charge in [-0.15, -0.1) is 0 Å². The number of benzene rings is 1. The third kappa shape index (κ3) is 4.18. The molecule has 1 N–H and O–H groups in total. The van der Waals surface area contributed by atoms with Crippen molar-refractivity contribution in [3.8, 4) is 22.8 Å². The second-order valence-corrected chi connectivity index (χ2v) is 3.89. The third-order valence-electron chi connectivity index (χ3n) is 2.57. The monoisotopic (exact) mass is 304 g/mol. The Balaban J connectivity index is 0.00000116. The highest BCUT2D eigenvalue weighted by molar-refractivity contribution is 5.87. The maximum absolute atomic E-state index is 11.5. The normalized spacial score (nSPS) is 9.45. The Hall–Kier alpha value is -2.63. The lowest BCUT2D eigenvalue weighted by Crippen LogP contribution is -2.06. The number of hydrogen-bond donors (Lipinski definition) is 1. The molecule has 0 bridgehead atoms. The maximum Gasteiger partial charge on any atom is 0.358 e. The molecule has 0 aliphatic rings. The summed E-state index contributed by atoms with van der Waals surface area (Å²) in [4.78, 5) is 19.6. The Morgan fingerprint density at radius 3 is 2.64 bits per heavy atom. The van der Waals surface area contributed by atoms with Crippen LogP contribution in [0.1, 0.15) is 31.3 Å². The maximum atomic E-state index is 11.5. The van der Waals surface area contributed by atoms with Gasteiger partial charge >= 0.3 is 5.97 Å². The molecule has 0 aliphatic carbocycles. The molecule has 1 aromatic carbocycles. The van der Waals surface area contributed by atoms with Crippen molar-refractivity contribution >= 4 is 5.97 Å². The first-order valence-corrected chi connectivity index (χ1v) is 7.02. The summed E-state index contributed by atoms with van der Waals surface area (Å²) in [6.07, 6.45) is 2.84. The van der Waals surface area contributed by atoms with Gasteiger partial charge in [-0.25, -0.2) is 9.78 Å². The Morgan fingerprint density at radius 2 is 2.00 bits per heavy atom. The topological polar surface area (TPSA) is 81.5 Å². The molecule has 0 saturated heterocycles. The Kier molecular flexibility index (Phi) is 6.82. The van der Waals surface area contributed by atoms with Crippen LogP contribution < -0.4 is 4.74 Å². The van der Waals surface area contributed by atoms with E-state index >= 15 is 0 Å². The number of aromatic nitrogens is 2. The van der Waals surface area contributed by atoms with Crippen molar-refractivity contribution in [2.75, 3.05) is 13.7 Å². The van der Waals surface area contributed by atoms with Crippen LogP contribution in [0, 0.1) is 0 Å². The van der Waals surface area contributed by atoms with Crippen LogP contribution in [0.25, 0.3) is 11.3 Å². The van der Waals surface area contributed by atoms with Crippen LogP contribution in [-0.4, -0.2) is 34.8 Å². The standard InChI is InChI=1S/C14H14N2O4.C2H6/c1-3-20-13-6-9(17)4-5-10(13)11-7-15-8-12(16-11)14(18)19-2;1-2/h4-8,17H,3H2,1-2H3;1-2H3. The molecule has 0 radical (unpaired) electrons. The summed E-state index contributed by atoms with van der Waals surface area (Å²) in [6.45, 7) is 6.28. The van der Waals surface area contributed by atoms with Crippen LogP contribution in [0.2, 0.25) is 0 Å². The summed E-state index contributed by atoms with van der Waals surface area (Å²) in [5.74, 6) is 0.00851. The van der Waals surface area contributed by atoms with Crippen LogP contribution in [0.4, 0.5) is 0 Å². The molecule has 0 unspecified atom stereocenters. The molecular formula is C16H20N2O4. The van der Waals surface area contributed by atoms with E-state index in [0.717, 1.165) is 0 Å². The Morgan fingerprint density at radius 1 is 1.27 bits per heavy atom. The summed E-state index contributed by atoms with van der Waals surface area (Å²) in [5, 5.41) is 9.50. The molecule has 6 heteroatoms. The van der Waals surface area contributed by atoms with E-state index in [-0.39, 0.29) is 11.4 Å². The number of rotatable bonds is 4. The predicted molar refractivity (Wildman–Crippen MR) is 83.0 cm³/mol. The Bertz CT molecular complexity index is 629. The minimum atomic E-state index is -0.559. The molecule has 0 atom stereocenters. The molecule has 0 saturated carbocycles. The summed E-state index contributed by atoms with van der Waals surface area (Å²) in [5.41, 5.74) is 1.22. The number of nitrogens with zero attached hydrogens (tertiary/aromatic N) is 2. The number of phenols is 1. The van der Waals surface area contributed by atoms with Gasteiger partial charge in [0.1, 0.15) is 11.5 Å². The second-order valence-electron chi connectivity index (χ2n) is 3.89.